The van der Waals surface area contributed by atoms with Crippen LogP contribution in [0.3, 0.4) is 0 Å². The molecule has 3 heterocycles. The minimum atomic E-state index is -0.636. The van der Waals surface area contributed by atoms with Gasteiger partial charge in [-0.25, -0.2) is 9.78 Å². The molecule has 3 amide bonds. The van der Waals surface area contributed by atoms with Crippen LogP contribution >= 0.6 is 0 Å². The number of benzene rings is 2. The fourth-order valence-electron chi connectivity index (χ4n) is 4.27. The van der Waals surface area contributed by atoms with E-state index in [0.717, 1.165) is 18.5 Å². The number of carbonyl (C=O) groups excluding carboxylic acids is 2. The van der Waals surface area contributed by atoms with Gasteiger partial charge in [-0.05, 0) is 42.7 Å². The smallest absolute Gasteiger partial charge is 0.326 e. The zero-order valence-corrected chi connectivity index (χ0v) is 19.6. The molecule has 1 aliphatic rings. The minimum absolute atomic E-state index is 0.187. The van der Waals surface area contributed by atoms with Crippen molar-refractivity contribution < 1.29 is 14.3 Å². The number of amides is 3. The van der Waals surface area contributed by atoms with E-state index in [9.17, 15) is 9.59 Å². The van der Waals surface area contributed by atoms with Crippen LogP contribution in [0, 0.1) is 0 Å². The molecular weight excluding hydrogens is 458 g/mol. The zero-order valence-electron chi connectivity index (χ0n) is 19.6. The van der Waals surface area contributed by atoms with Gasteiger partial charge in [0, 0.05) is 41.4 Å². The molecular formula is C26H25N7O3. The highest BCUT2D eigenvalue weighted by atomic mass is 16.5. The van der Waals surface area contributed by atoms with Crippen molar-refractivity contribution in [3.63, 3.8) is 0 Å². The Labute approximate surface area is 207 Å². The molecule has 0 saturated heterocycles. The number of aromatic amines is 1. The Balaban J connectivity index is 1.35. The maximum absolute atomic E-state index is 13.0. The lowest BCUT2D eigenvalue weighted by molar-refractivity contribution is 0.100. The molecule has 5 rings (SSSR count). The molecule has 10 nitrogen and oxygen atoms in total. The summed E-state index contributed by atoms with van der Waals surface area (Å²) in [6.45, 7) is 0.663. The van der Waals surface area contributed by atoms with Crippen molar-refractivity contribution in [3.8, 4) is 17.1 Å². The summed E-state index contributed by atoms with van der Waals surface area (Å²) >= 11 is 0. The van der Waals surface area contributed by atoms with Crippen LogP contribution in [0.15, 0.2) is 66.9 Å². The number of para-hydroxylation sites is 1. The van der Waals surface area contributed by atoms with Crippen molar-refractivity contribution in [2.24, 2.45) is 5.73 Å². The lowest BCUT2D eigenvalue weighted by Crippen LogP contribution is -2.38. The van der Waals surface area contributed by atoms with Crippen molar-refractivity contribution in [1.29, 1.82) is 0 Å². The third-order valence-corrected chi connectivity index (χ3v) is 6.00. The lowest BCUT2D eigenvalue weighted by Gasteiger charge is -2.29. The van der Waals surface area contributed by atoms with Gasteiger partial charge >= 0.3 is 6.03 Å². The molecule has 0 bridgehead atoms. The number of fused-ring (bicyclic) bond motifs is 1. The van der Waals surface area contributed by atoms with Crippen LogP contribution in [-0.2, 0) is 6.42 Å². The average Bonchev–Trinajstić information content (AvgIpc) is 3.32. The fraction of sp³-hybridized carbons (Fsp3) is 0.154. The fourth-order valence-corrected chi connectivity index (χ4v) is 4.27. The number of aryl methyl sites for hydroxylation is 1. The van der Waals surface area contributed by atoms with Gasteiger partial charge in [-0.3, -0.25) is 14.8 Å². The first-order valence-electron chi connectivity index (χ1n) is 11.5. The first-order valence-corrected chi connectivity index (χ1v) is 11.5. The highest BCUT2D eigenvalue weighted by Crippen LogP contribution is 2.31. The quantitative estimate of drug-likeness (QED) is 0.322. The van der Waals surface area contributed by atoms with Crippen LogP contribution < -0.4 is 26.0 Å². The van der Waals surface area contributed by atoms with Crippen molar-refractivity contribution >= 4 is 34.8 Å². The zero-order chi connectivity index (χ0) is 25.1. The van der Waals surface area contributed by atoms with E-state index in [4.69, 9.17) is 10.5 Å². The van der Waals surface area contributed by atoms with Crippen LogP contribution in [0.4, 0.5) is 27.7 Å². The molecule has 182 valence electrons. The van der Waals surface area contributed by atoms with E-state index in [1.54, 1.807) is 47.5 Å². The number of hydrogen-bond acceptors (Lipinski definition) is 6. The Morgan fingerprint density at radius 3 is 2.67 bits per heavy atom. The Bertz CT molecular complexity index is 1420. The second-order valence-corrected chi connectivity index (χ2v) is 8.29. The van der Waals surface area contributed by atoms with E-state index in [-0.39, 0.29) is 17.4 Å². The molecule has 36 heavy (non-hydrogen) atoms. The monoisotopic (exact) mass is 483 g/mol. The van der Waals surface area contributed by atoms with Crippen molar-refractivity contribution in [2.75, 3.05) is 29.2 Å². The number of nitrogens with two attached hydrogens (primary N) is 1. The number of H-pyrrole nitrogens is 1. The summed E-state index contributed by atoms with van der Waals surface area (Å²) in [4.78, 5) is 31.1. The molecule has 1 aliphatic heterocycles. The molecule has 0 radical (unpaired) electrons. The summed E-state index contributed by atoms with van der Waals surface area (Å²) in [5.74, 6) is 0.0670. The SMILES string of the molecule is COc1cc(Nc2n[nH]c(-c3ccc(NC(=O)N4CCCc5ccccc54)cc3)c2C(N)=O)ccn1. The van der Waals surface area contributed by atoms with E-state index < -0.39 is 5.91 Å². The molecule has 0 saturated carbocycles. The van der Waals surface area contributed by atoms with Gasteiger partial charge in [0.25, 0.3) is 5.91 Å². The Hall–Kier alpha value is -4.86. The second-order valence-electron chi connectivity index (χ2n) is 8.29. The summed E-state index contributed by atoms with van der Waals surface area (Å²) in [7, 11) is 1.52. The average molecular weight is 484 g/mol. The standard InChI is InChI=1S/C26H25N7O3/c1-36-21-15-19(12-13-28-21)29-25-22(24(27)34)23(31-32-25)17-8-10-18(11-9-17)30-26(35)33-14-4-6-16-5-2-3-7-20(16)33/h2-3,5,7-13,15H,4,6,14H2,1H3,(H2,27,34)(H,30,35)(H2,28,29,31,32). The molecule has 0 spiro atoms. The van der Waals surface area contributed by atoms with Gasteiger partial charge in [-0.15, -0.1) is 0 Å². The molecule has 5 N–H and O–H groups in total. The Kier molecular flexibility index (Phi) is 6.23. The van der Waals surface area contributed by atoms with E-state index in [1.807, 2.05) is 18.2 Å². The second kappa shape index (κ2) is 9.79. The number of ether oxygens (including phenoxy) is 1. The predicted octanol–water partition coefficient (Wildman–Crippen LogP) is 4.31. The largest absolute Gasteiger partial charge is 0.481 e. The molecule has 2 aromatic heterocycles. The Morgan fingerprint density at radius 1 is 1.08 bits per heavy atom. The highest BCUT2D eigenvalue weighted by Gasteiger charge is 2.23. The highest BCUT2D eigenvalue weighted by molar-refractivity contribution is 6.05. The first kappa shape index (κ1) is 22.9. The van der Waals surface area contributed by atoms with Gasteiger partial charge in [0.15, 0.2) is 5.82 Å². The van der Waals surface area contributed by atoms with Gasteiger partial charge in [0.05, 0.1) is 12.8 Å². The van der Waals surface area contributed by atoms with Crippen molar-refractivity contribution in [3.05, 3.63) is 78.0 Å². The minimum Gasteiger partial charge on any atom is -0.481 e. The van der Waals surface area contributed by atoms with Crippen molar-refractivity contribution in [1.82, 2.24) is 15.2 Å². The van der Waals surface area contributed by atoms with E-state index in [0.29, 0.717) is 35.1 Å². The maximum atomic E-state index is 13.0. The maximum Gasteiger partial charge on any atom is 0.326 e. The third-order valence-electron chi connectivity index (χ3n) is 6.00. The van der Waals surface area contributed by atoms with Crippen LogP contribution in [-0.4, -0.2) is 40.8 Å². The molecule has 4 aromatic rings. The topological polar surface area (TPSA) is 138 Å². The van der Waals surface area contributed by atoms with E-state index >= 15 is 0 Å². The molecule has 0 aliphatic carbocycles. The van der Waals surface area contributed by atoms with Gasteiger partial charge in [0.1, 0.15) is 5.56 Å². The summed E-state index contributed by atoms with van der Waals surface area (Å²) in [5, 5.41) is 13.2. The van der Waals surface area contributed by atoms with E-state index in [2.05, 4.69) is 31.9 Å². The summed E-state index contributed by atoms with van der Waals surface area (Å²) in [6.07, 6.45) is 3.46. The number of anilines is 4. The number of nitrogens with one attached hydrogen (secondary N) is 3. The summed E-state index contributed by atoms with van der Waals surface area (Å²) < 4.78 is 5.14. The number of nitrogens with zero attached hydrogens (tertiary/aromatic N) is 3. The summed E-state index contributed by atoms with van der Waals surface area (Å²) in [6, 6.07) is 18.3. The van der Waals surface area contributed by atoms with E-state index in [1.165, 1.54) is 12.7 Å². The number of rotatable bonds is 6. The van der Waals surface area contributed by atoms with Crippen LogP contribution in [0.2, 0.25) is 0 Å². The molecule has 2 aromatic carbocycles. The van der Waals surface area contributed by atoms with Crippen LogP contribution in [0.25, 0.3) is 11.3 Å². The van der Waals surface area contributed by atoms with Gasteiger partial charge in [-0.2, -0.15) is 5.10 Å². The van der Waals surface area contributed by atoms with Crippen LogP contribution in [0.5, 0.6) is 5.88 Å². The van der Waals surface area contributed by atoms with Gasteiger partial charge in [-0.1, -0.05) is 30.3 Å². The number of pyridine rings is 1. The Morgan fingerprint density at radius 2 is 1.89 bits per heavy atom. The molecule has 0 atom stereocenters. The third kappa shape index (κ3) is 4.56. The number of urea groups is 1. The first-order chi connectivity index (χ1) is 17.5. The normalized spacial score (nSPS) is 12.5. The van der Waals surface area contributed by atoms with Crippen LogP contribution in [0.1, 0.15) is 22.3 Å². The lowest BCUT2D eigenvalue weighted by atomic mass is 10.0. The number of hydrogen-bond donors (Lipinski definition) is 4. The van der Waals surface area contributed by atoms with Crippen molar-refractivity contribution in [2.45, 2.75) is 12.8 Å². The number of primary amides is 1. The van der Waals surface area contributed by atoms with Gasteiger partial charge < -0.3 is 21.1 Å². The molecule has 10 heteroatoms. The number of methoxy groups -OCH3 is 1. The molecule has 0 unspecified atom stereocenters. The predicted molar refractivity (Wildman–Crippen MR) is 138 cm³/mol. The number of carbonyl (C=O) groups is 2. The number of aromatic nitrogens is 3. The summed E-state index contributed by atoms with van der Waals surface area (Å²) in [5.41, 5.74) is 10.4. The molecule has 0 fully saturated rings. The van der Waals surface area contributed by atoms with Gasteiger partial charge in [0.2, 0.25) is 5.88 Å².